The highest BCUT2D eigenvalue weighted by Gasteiger charge is 2.02. The number of hydrogen-bond acceptors (Lipinski definition) is 0. The van der Waals surface area contributed by atoms with Gasteiger partial charge in [-0.05, 0) is 23.5 Å². The maximum absolute atomic E-state index is 4.04. The lowest BCUT2D eigenvalue weighted by atomic mass is 9.96. The maximum Gasteiger partial charge on any atom is -0.0219 e. The molecule has 0 saturated heterocycles. The summed E-state index contributed by atoms with van der Waals surface area (Å²) in [5.74, 6) is 0.520. The fourth-order valence-electron chi connectivity index (χ4n) is 0.979. The first-order chi connectivity index (χ1) is 5.63. The van der Waals surface area contributed by atoms with Gasteiger partial charge in [-0.25, -0.2) is 0 Å². The van der Waals surface area contributed by atoms with E-state index in [-0.39, 0.29) is 0 Å². The highest BCUT2D eigenvalue weighted by atomic mass is 14.1. The molecule has 0 nitrogen and oxygen atoms in total. The van der Waals surface area contributed by atoms with Gasteiger partial charge < -0.3 is 0 Å². The molecule has 0 spiro atoms. The Kier molecular flexibility index (Phi) is 5.44. The monoisotopic (exact) mass is 164 g/mol. The van der Waals surface area contributed by atoms with Gasteiger partial charge in [-0.3, -0.25) is 0 Å². The van der Waals surface area contributed by atoms with Gasteiger partial charge in [-0.1, -0.05) is 52.5 Å². The molecule has 0 heterocycles. The lowest BCUT2D eigenvalue weighted by Crippen LogP contribution is -1.94. The van der Waals surface area contributed by atoms with E-state index < -0.39 is 0 Å². The summed E-state index contributed by atoms with van der Waals surface area (Å²) in [5, 5.41) is 0. The van der Waals surface area contributed by atoms with Gasteiger partial charge >= 0.3 is 0 Å². The summed E-state index contributed by atoms with van der Waals surface area (Å²) < 4.78 is 0. The second-order valence-corrected chi connectivity index (χ2v) is 3.33. The van der Waals surface area contributed by atoms with Crippen molar-refractivity contribution in [3.8, 4) is 0 Å². The van der Waals surface area contributed by atoms with Crippen molar-refractivity contribution in [1.29, 1.82) is 0 Å². The molecule has 0 unspecified atom stereocenters. The molecule has 0 fully saturated rings. The quantitative estimate of drug-likeness (QED) is 0.536. The van der Waals surface area contributed by atoms with Crippen LogP contribution in [0.3, 0.4) is 0 Å². The van der Waals surface area contributed by atoms with Crippen molar-refractivity contribution in [1.82, 2.24) is 0 Å². The van der Waals surface area contributed by atoms with Gasteiger partial charge in [0.05, 0.1) is 0 Å². The Morgan fingerprint density at radius 2 is 2.00 bits per heavy atom. The summed E-state index contributed by atoms with van der Waals surface area (Å²) >= 11 is 0. The highest BCUT2D eigenvalue weighted by molar-refractivity contribution is 5.37. The average Bonchev–Trinajstić information content (AvgIpc) is 2.05. The van der Waals surface area contributed by atoms with Gasteiger partial charge in [0.1, 0.15) is 0 Å². The summed E-state index contributed by atoms with van der Waals surface area (Å²) in [7, 11) is 0. The minimum atomic E-state index is 0.520. The lowest BCUT2D eigenvalue weighted by molar-refractivity contribution is 0.784. The molecule has 0 amide bonds. The SMILES string of the molecule is C=C/C(=C\CCC)C(=C)C(C)C. The third kappa shape index (κ3) is 3.56. The highest BCUT2D eigenvalue weighted by Crippen LogP contribution is 2.18. The number of rotatable bonds is 5. The Balaban J connectivity index is 4.34. The number of hydrogen-bond donors (Lipinski definition) is 0. The second kappa shape index (κ2) is 5.82. The summed E-state index contributed by atoms with van der Waals surface area (Å²) in [4.78, 5) is 0. The molecule has 0 N–H and O–H groups in total. The van der Waals surface area contributed by atoms with E-state index in [1.54, 1.807) is 0 Å². The molecular weight excluding hydrogens is 144 g/mol. The van der Waals surface area contributed by atoms with Crippen LogP contribution in [0.4, 0.5) is 0 Å². The van der Waals surface area contributed by atoms with Crippen molar-refractivity contribution in [2.45, 2.75) is 33.6 Å². The van der Waals surface area contributed by atoms with Crippen LogP contribution in [0, 0.1) is 5.92 Å². The van der Waals surface area contributed by atoms with Crippen molar-refractivity contribution >= 4 is 0 Å². The van der Waals surface area contributed by atoms with Crippen LogP contribution in [0.1, 0.15) is 33.6 Å². The Labute approximate surface area is 76.7 Å². The Bertz CT molecular complexity index is 182. The predicted octanol–water partition coefficient (Wildman–Crippen LogP) is 4.11. The van der Waals surface area contributed by atoms with Gasteiger partial charge in [0.25, 0.3) is 0 Å². The van der Waals surface area contributed by atoms with Crippen LogP contribution in [0.25, 0.3) is 0 Å². The van der Waals surface area contributed by atoms with Crippen molar-refractivity contribution in [2.24, 2.45) is 5.92 Å². The molecule has 0 saturated carbocycles. The first-order valence-corrected chi connectivity index (χ1v) is 4.65. The van der Waals surface area contributed by atoms with Crippen LogP contribution in [0.15, 0.2) is 36.5 Å². The molecule has 0 aliphatic heterocycles. The largest absolute Gasteiger partial charge is 0.0985 e. The standard InChI is InChI=1S/C12H20/c1-6-8-9-12(7-2)11(5)10(3)4/h7,9-10H,2,5-6,8H2,1,3-4H3/b12-9+. The van der Waals surface area contributed by atoms with Crippen LogP contribution in [0.5, 0.6) is 0 Å². The van der Waals surface area contributed by atoms with Gasteiger partial charge in [0.2, 0.25) is 0 Å². The van der Waals surface area contributed by atoms with Gasteiger partial charge in [0, 0.05) is 0 Å². The van der Waals surface area contributed by atoms with Crippen LogP contribution in [-0.4, -0.2) is 0 Å². The molecule has 0 aromatic heterocycles. The third-order valence-electron chi connectivity index (χ3n) is 1.94. The molecule has 0 bridgehead atoms. The summed E-state index contributed by atoms with van der Waals surface area (Å²) in [6, 6.07) is 0. The normalized spacial score (nSPS) is 11.8. The first-order valence-electron chi connectivity index (χ1n) is 4.65. The predicted molar refractivity (Wildman–Crippen MR) is 57.2 cm³/mol. The lowest BCUT2D eigenvalue weighted by Gasteiger charge is -2.10. The zero-order valence-electron chi connectivity index (χ0n) is 8.56. The summed E-state index contributed by atoms with van der Waals surface area (Å²) in [5.41, 5.74) is 2.41. The van der Waals surface area contributed by atoms with E-state index in [0.717, 1.165) is 6.42 Å². The van der Waals surface area contributed by atoms with Gasteiger partial charge in [0.15, 0.2) is 0 Å². The van der Waals surface area contributed by atoms with Crippen molar-refractivity contribution in [2.75, 3.05) is 0 Å². The number of unbranched alkanes of at least 4 members (excludes halogenated alkanes) is 1. The van der Waals surface area contributed by atoms with Crippen LogP contribution in [0.2, 0.25) is 0 Å². The van der Waals surface area contributed by atoms with E-state index in [9.17, 15) is 0 Å². The van der Waals surface area contributed by atoms with Crippen molar-refractivity contribution in [3.63, 3.8) is 0 Å². The zero-order chi connectivity index (χ0) is 9.56. The van der Waals surface area contributed by atoms with E-state index in [1.165, 1.54) is 17.6 Å². The molecule has 0 rings (SSSR count). The Hall–Kier alpha value is -0.780. The van der Waals surface area contributed by atoms with Gasteiger partial charge in [-0.2, -0.15) is 0 Å². The van der Waals surface area contributed by atoms with E-state index in [2.05, 4.69) is 40.0 Å². The average molecular weight is 164 g/mol. The van der Waals surface area contributed by atoms with E-state index in [0.29, 0.717) is 5.92 Å². The molecule has 0 aliphatic carbocycles. The third-order valence-corrected chi connectivity index (χ3v) is 1.94. The Morgan fingerprint density at radius 1 is 1.42 bits per heavy atom. The Morgan fingerprint density at radius 3 is 2.33 bits per heavy atom. The summed E-state index contributed by atoms with van der Waals surface area (Å²) in [6.07, 6.45) is 6.42. The number of allylic oxidation sites excluding steroid dienone is 4. The molecule has 0 radical (unpaired) electrons. The fourth-order valence-corrected chi connectivity index (χ4v) is 0.979. The minimum Gasteiger partial charge on any atom is -0.0985 e. The molecule has 0 heteroatoms. The van der Waals surface area contributed by atoms with E-state index >= 15 is 0 Å². The van der Waals surface area contributed by atoms with Crippen molar-refractivity contribution in [3.05, 3.63) is 36.5 Å². The molecule has 68 valence electrons. The van der Waals surface area contributed by atoms with Crippen LogP contribution in [-0.2, 0) is 0 Å². The maximum atomic E-state index is 4.04. The van der Waals surface area contributed by atoms with E-state index in [1.807, 2.05) is 6.08 Å². The van der Waals surface area contributed by atoms with Crippen LogP contribution >= 0.6 is 0 Å². The zero-order valence-corrected chi connectivity index (χ0v) is 8.56. The first kappa shape index (κ1) is 11.2. The molecule has 0 aromatic carbocycles. The topological polar surface area (TPSA) is 0 Å². The molecule has 0 atom stereocenters. The van der Waals surface area contributed by atoms with E-state index in [4.69, 9.17) is 0 Å². The van der Waals surface area contributed by atoms with Crippen LogP contribution < -0.4 is 0 Å². The molecule has 12 heavy (non-hydrogen) atoms. The smallest absolute Gasteiger partial charge is 0.0219 e. The second-order valence-electron chi connectivity index (χ2n) is 3.33. The molecule has 0 aromatic rings. The van der Waals surface area contributed by atoms with Gasteiger partial charge in [-0.15, -0.1) is 0 Å². The minimum absolute atomic E-state index is 0.520. The van der Waals surface area contributed by atoms with Crippen molar-refractivity contribution < 1.29 is 0 Å². The molecular formula is C12H20. The molecule has 0 aliphatic rings. The summed E-state index contributed by atoms with van der Waals surface area (Å²) in [6.45, 7) is 14.3. The fraction of sp³-hybridized carbons (Fsp3) is 0.500.